The standard InChI is InChI=1S/C16H12ClN3O/c17-14-4-2-1-3-13(14)15-19-16(21-20-15)10-5-6-11-8-18-9-12(11)7-10/h1-7,18H,8-9H2. The molecule has 0 fully saturated rings. The molecule has 104 valence electrons. The van der Waals surface area contributed by atoms with Crippen molar-refractivity contribution in [2.24, 2.45) is 0 Å². The molecule has 5 heteroatoms. The van der Waals surface area contributed by atoms with Gasteiger partial charge in [0.15, 0.2) is 0 Å². The summed E-state index contributed by atoms with van der Waals surface area (Å²) in [6.45, 7) is 1.80. The van der Waals surface area contributed by atoms with E-state index in [1.54, 1.807) is 0 Å². The molecule has 1 aromatic heterocycles. The molecule has 0 bridgehead atoms. The molecule has 0 spiro atoms. The quantitative estimate of drug-likeness (QED) is 0.784. The topological polar surface area (TPSA) is 51.0 Å². The number of rotatable bonds is 2. The van der Waals surface area contributed by atoms with Crippen LogP contribution in [0.5, 0.6) is 0 Å². The molecule has 4 nitrogen and oxygen atoms in total. The van der Waals surface area contributed by atoms with Crippen LogP contribution < -0.4 is 5.32 Å². The first kappa shape index (κ1) is 12.6. The second-order valence-corrected chi connectivity index (χ2v) is 5.40. The first-order chi connectivity index (χ1) is 10.3. The molecule has 1 aliphatic heterocycles. The van der Waals surface area contributed by atoms with Gasteiger partial charge in [0.05, 0.1) is 5.02 Å². The van der Waals surface area contributed by atoms with Crippen LogP contribution in [0, 0.1) is 0 Å². The van der Waals surface area contributed by atoms with Gasteiger partial charge in [-0.25, -0.2) is 0 Å². The first-order valence-electron chi connectivity index (χ1n) is 6.73. The third-order valence-electron chi connectivity index (χ3n) is 3.62. The van der Waals surface area contributed by atoms with Crippen LogP contribution >= 0.6 is 11.6 Å². The van der Waals surface area contributed by atoms with Crippen LogP contribution in [0.15, 0.2) is 47.0 Å². The van der Waals surface area contributed by atoms with Crippen molar-refractivity contribution in [2.75, 3.05) is 0 Å². The van der Waals surface area contributed by atoms with Crippen molar-refractivity contribution in [1.29, 1.82) is 0 Å². The zero-order valence-electron chi connectivity index (χ0n) is 11.1. The van der Waals surface area contributed by atoms with E-state index in [-0.39, 0.29) is 0 Å². The Morgan fingerprint density at radius 2 is 1.90 bits per heavy atom. The summed E-state index contributed by atoms with van der Waals surface area (Å²) in [7, 11) is 0. The summed E-state index contributed by atoms with van der Waals surface area (Å²) in [6, 6.07) is 13.7. The minimum absolute atomic E-state index is 0.509. The average Bonchev–Trinajstić information content (AvgIpc) is 3.16. The van der Waals surface area contributed by atoms with Crippen LogP contribution in [0.25, 0.3) is 22.8 Å². The van der Waals surface area contributed by atoms with Crippen molar-refractivity contribution < 1.29 is 4.52 Å². The Kier molecular flexibility index (Phi) is 2.98. The fourth-order valence-corrected chi connectivity index (χ4v) is 2.74. The first-order valence-corrected chi connectivity index (χ1v) is 7.10. The molecule has 0 atom stereocenters. The molecular formula is C16H12ClN3O. The fraction of sp³-hybridized carbons (Fsp3) is 0.125. The van der Waals surface area contributed by atoms with E-state index < -0.39 is 0 Å². The van der Waals surface area contributed by atoms with Crippen molar-refractivity contribution in [2.45, 2.75) is 13.1 Å². The van der Waals surface area contributed by atoms with Gasteiger partial charge >= 0.3 is 0 Å². The lowest BCUT2D eigenvalue weighted by atomic mass is 10.1. The third kappa shape index (κ3) is 2.22. The van der Waals surface area contributed by atoms with Gasteiger partial charge in [0.1, 0.15) is 0 Å². The number of hydrogen-bond donors (Lipinski definition) is 1. The maximum Gasteiger partial charge on any atom is 0.258 e. The summed E-state index contributed by atoms with van der Waals surface area (Å²) >= 11 is 6.16. The third-order valence-corrected chi connectivity index (χ3v) is 3.95. The molecule has 0 radical (unpaired) electrons. The minimum Gasteiger partial charge on any atom is -0.334 e. The maximum atomic E-state index is 6.16. The summed E-state index contributed by atoms with van der Waals surface area (Å²) in [5, 5.41) is 7.97. The van der Waals surface area contributed by atoms with Gasteiger partial charge in [-0.1, -0.05) is 35.0 Å². The number of nitrogens with one attached hydrogen (secondary N) is 1. The molecule has 2 heterocycles. The Bertz CT molecular complexity index is 813. The van der Waals surface area contributed by atoms with Crippen LogP contribution in [-0.4, -0.2) is 10.1 Å². The van der Waals surface area contributed by atoms with Gasteiger partial charge in [-0.05, 0) is 35.4 Å². The summed E-state index contributed by atoms with van der Waals surface area (Å²) in [5.41, 5.74) is 4.31. The van der Waals surface area contributed by atoms with Crippen LogP contribution in [0.1, 0.15) is 11.1 Å². The number of benzene rings is 2. The van der Waals surface area contributed by atoms with E-state index in [4.69, 9.17) is 16.1 Å². The highest BCUT2D eigenvalue weighted by molar-refractivity contribution is 6.33. The predicted octanol–water partition coefficient (Wildman–Crippen LogP) is 3.66. The van der Waals surface area contributed by atoms with Gasteiger partial charge in [-0.2, -0.15) is 4.98 Å². The minimum atomic E-state index is 0.509. The van der Waals surface area contributed by atoms with Gasteiger partial charge in [0.25, 0.3) is 5.89 Å². The molecule has 0 saturated carbocycles. The van der Waals surface area contributed by atoms with E-state index in [1.807, 2.05) is 30.3 Å². The Labute approximate surface area is 126 Å². The van der Waals surface area contributed by atoms with E-state index in [1.165, 1.54) is 11.1 Å². The van der Waals surface area contributed by atoms with Crippen molar-refractivity contribution in [3.63, 3.8) is 0 Å². The largest absolute Gasteiger partial charge is 0.334 e. The number of halogens is 1. The monoisotopic (exact) mass is 297 g/mol. The SMILES string of the molecule is Clc1ccccc1-c1noc(-c2ccc3c(c2)CNC3)n1. The zero-order valence-corrected chi connectivity index (χ0v) is 11.9. The maximum absolute atomic E-state index is 6.16. The second kappa shape index (κ2) is 4.98. The zero-order chi connectivity index (χ0) is 14.2. The summed E-state index contributed by atoms with van der Waals surface area (Å²) < 4.78 is 5.38. The lowest BCUT2D eigenvalue weighted by Gasteiger charge is -1.99. The molecule has 4 rings (SSSR count). The fourth-order valence-electron chi connectivity index (χ4n) is 2.52. The lowest BCUT2D eigenvalue weighted by Crippen LogP contribution is -1.99. The van der Waals surface area contributed by atoms with Crippen LogP contribution in [0.3, 0.4) is 0 Å². The summed E-state index contributed by atoms with van der Waals surface area (Å²) in [6.07, 6.45) is 0. The van der Waals surface area contributed by atoms with Crippen LogP contribution in [-0.2, 0) is 13.1 Å². The second-order valence-electron chi connectivity index (χ2n) is 4.99. The molecule has 1 N–H and O–H groups in total. The molecule has 2 aromatic carbocycles. The molecule has 0 unspecified atom stereocenters. The normalized spacial score (nSPS) is 13.4. The van der Waals surface area contributed by atoms with E-state index >= 15 is 0 Å². The van der Waals surface area contributed by atoms with Crippen LogP contribution in [0.4, 0.5) is 0 Å². The molecule has 0 amide bonds. The van der Waals surface area contributed by atoms with E-state index in [0.717, 1.165) is 24.2 Å². The van der Waals surface area contributed by atoms with Crippen LogP contribution in [0.2, 0.25) is 5.02 Å². The average molecular weight is 298 g/mol. The van der Waals surface area contributed by atoms with Gasteiger partial charge < -0.3 is 9.84 Å². The number of hydrogen-bond acceptors (Lipinski definition) is 4. The van der Waals surface area contributed by atoms with E-state index in [2.05, 4.69) is 27.6 Å². The predicted molar refractivity (Wildman–Crippen MR) is 80.7 cm³/mol. The Morgan fingerprint density at radius 3 is 2.81 bits per heavy atom. The van der Waals surface area contributed by atoms with E-state index in [0.29, 0.717) is 16.7 Å². The molecule has 21 heavy (non-hydrogen) atoms. The number of fused-ring (bicyclic) bond motifs is 1. The molecule has 1 aliphatic rings. The number of aromatic nitrogens is 2. The van der Waals surface area contributed by atoms with Crippen molar-refractivity contribution in [3.8, 4) is 22.8 Å². The van der Waals surface area contributed by atoms with Crippen molar-refractivity contribution in [1.82, 2.24) is 15.5 Å². The highest BCUT2D eigenvalue weighted by Gasteiger charge is 2.16. The molecule has 0 aliphatic carbocycles. The number of nitrogens with zero attached hydrogens (tertiary/aromatic N) is 2. The lowest BCUT2D eigenvalue weighted by molar-refractivity contribution is 0.432. The van der Waals surface area contributed by atoms with E-state index in [9.17, 15) is 0 Å². The molecular weight excluding hydrogens is 286 g/mol. The summed E-state index contributed by atoms with van der Waals surface area (Å²) in [4.78, 5) is 4.45. The van der Waals surface area contributed by atoms with Gasteiger partial charge in [0.2, 0.25) is 5.82 Å². The van der Waals surface area contributed by atoms with Crippen molar-refractivity contribution in [3.05, 3.63) is 58.6 Å². The molecule has 3 aromatic rings. The highest BCUT2D eigenvalue weighted by Crippen LogP contribution is 2.29. The smallest absolute Gasteiger partial charge is 0.258 e. The van der Waals surface area contributed by atoms with Crippen molar-refractivity contribution >= 4 is 11.6 Å². The Morgan fingerprint density at radius 1 is 1.05 bits per heavy atom. The summed E-state index contributed by atoms with van der Waals surface area (Å²) in [5.74, 6) is 1.02. The Hall–Kier alpha value is -2.17. The van der Waals surface area contributed by atoms with Gasteiger partial charge in [0, 0.05) is 24.2 Å². The molecule has 0 saturated heterocycles. The Balaban J connectivity index is 1.73. The van der Waals surface area contributed by atoms with Gasteiger partial charge in [-0.3, -0.25) is 0 Å². The van der Waals surface area contributed by atoms with Gasteiger partial charge in [-0.15, -0.1) is 0 Å². The highest BCUT2D eigenvalue weighted by atomic mass is 35.5.